The molecule has 20 heavy (non-hydrogen) atoms. The first-order valence-corrected chi connectivity index (χ1v) is 8.23. The van der Waals surface area contributed by atoms with E-state index in [-0.39, 0.29) is 17.1 Å². The van der Waals surface area contributed by atoms with Gasteiger partial charge in [-0.1, -0.05) is 12.1 Å². The summed E-state index contributed by atoms with van der Waals surface area (Å²) in [6, 6.07) is 5.62. The molecule has 1 aromatic carbocycles. The van der Waals surface area contributed by atoms with E-state index in [0.29, 0.717) is 26.1 Å². The Kier molecular flexibility index (Phi) is 4.78. The molecule has 0 unspecified atom stereocenters. The first kappa shape index (κ1) is 15.4. The van der Waals surface area contributed by atoms with Crippen molar-refractivity contribution in [3.05, 3.63) is 35.6 Å². The van der Waals surface area contributed by atoms with Gasteiger partial charge in [-0.25, -0.2) is 12.8 Å². The predicted molar refractivity (Wildman–Crippen MR) is 75.3 cm³/mol. The second kappa shape index (κ2) is 6.20. The van der Waals surface area contributed by atoms with Gasteiger partial charge in [0.25, 0.3) is 0 Å². The first-order chi connectivity index (χ1) is 9.43. The van der Waals surface area contributed by atoms with Crippen LogP contribution in [0, 0.1) is 5.82 Å². The molecule has 0 radical (unpaired) electrons. The summed E-state index contributed by atoms with van der Waals surface area (Å²) >= 11 is 0. The van der Waals surface area contributed by atoms with Crippen molar-refractivity contribution in [3.8, 4) is 0 Å². The van der Waals surface area contributed by atoms with Crippen LogP contribution in [-0.2, 0) is 14.8 Å². The zero-order chi connectivity index (χ0) is 14.8. The molecule has 1 atom stereocenters. The lowest BCUT2D eigenvalue weighted by Gasteiger charge is -2.31. The fraction of sp³-hybridized carbons (Fsp3) is 0.571. The highest BCUT2D eigenvalue weighted by Gasteiger charge is 2.33. The van der Waals surface area contributed by atoms with Gasteiger partial charge in [-0.15, -0.1) is 0 Å². The average molecular weight is 301 g/mol. The van der Waals surface area contributed by atoms with Crippen molar-refractivity contribution in [2.24, 2.45) is 0 Å². The van der Waals surface area contributed by atoms with Crippen molar-refractivity contribution >= 4 is 10.0 Å². The van der Waals surface area contributed by atoms with E-state index in [1.165, 1.54) is 16.4 Å². The van der Waals surface area contributed by atoms with Gasteiger partial charge in [0.2, 0.25) is 10.0 Å². The van der Waals surface area contributed by atoms with E-state index in [1.807, 2.05) is 6.92 Å². The van der Waals surface area contributed by atoms with E-state index in [4.69, 9.17) is 4.74 Å². The summed E-state index contributed by atoms with van der Waals surface area (Å²) in [5.41, 5.74) is 0.782. The number of hydrogen-bond acceptors (Lipinski definition) is 3. The summed E-state index contributed by atoms with van der Waals surface area (Å²) in [6.07, 6.45) is 1.06. The van der Waals surface area contributed by atoms with E-state index in [2.05, 4.69) is 0 Å². The number of hydrogen-bond donors (Lipinski definition) is 0. The van der Waals surface area contributed by atoms with Crippen molar-refractivity contribution in [3.63, 3.8) is 0 Å². The second-order valence-electron chi connectivity index (χ2n) is 5.10. The van der Waals surface area contributed by atoms with Gasteiger partial charge in [0, 0.05) is 26.3 Å². The molecule has 1 saturated heterocycles. The third-order valence-corrected chi connectivity index (χ3v) is 6.32. The van der Waals surface area contributed by atoms with Gasteiger partial charge >= 0.3 is 0 Å². The van der Waals surface area contributed by atoms with Gasteiger partial charge in [-0.2, -0.15) is 4.31 Å². The topological polar surface area (TPSA) is 46.6 Å². The smallest absolute Gasteiger partial charge is 0.217 e. The number of benzene rings is 1. The molecule has 112 valence electrons. The van der Waals surface area contributed by atoms with E-state index in [0.717, 1.165) is 5.56 Å². The van der Waals surface area contributed by atoms with Crippen LogP contribution in [0.2, 0.25) is 0 Å². The fourth-order valence-corrected chi connectivity index (χ4v) is 4.20. The molecule has 0 bridgehead atoms. The van der Waals surface area contributed by atoms with Crippen LogP contribution in [0.15, 0.2) is 24.3 Å². The van der Waals surface area contributed by atoms with Crippen molar-refractivity contribution in [1.29, 1.82) is 0 Å². The lowest BCUT2D eigenvalue weighted by Crippen LogP contribution is -2.40. The summed E-state index contributed by atoms with van der Waals surface area (Å²) in [5, 5.41) is -0.385. The van der Waals surface area contributed by atoms with Crippen molar-refractivity contribution in [2.45, 2.75) is 31.1 Å². The molecule has 1 aliphatic rings. The van der Waals surface area contributed by atoms with Crippen LogP contribution in [0.4, 0.5) is 4.39 Å². The molecule has 1 aromatic rings. The van der Waals surface area contributed by atoms with Gasteiger partial charge in [0.1, 0.15) is 5.82 Å². The first-order valence-electron chi connectivity index (χ1n) is 6.73. The molecule has 0 aromatic heterocycles. The van der Waals surface area contributed by atoms with Crippen LogP contribution in [0.5, 0.6) is 0 Å². The highest BCUT2D eigenvalue weighted by molar-refractivity contribution is 7.89. The Morgan fingerprint density at radius 2 is 1.80 bits per heavy atom. The molecule has 1 heterocycles. The quantitative estimate of drug-likeness (QED) is 0.857. The summed E-state index contributed by atoms with van der Waals surface area (Å²) in [6.45, 7) is 2.79. The molecule has 0 N–H and O–H groups in total. The van der Waals surface area contributed by atoms with Crippen LogP contribution in [-0.4, -0.2) is 38.2 Å². The molecule has 6 heteroatoms. The Labute approximate surface area is 119 Å². The highest BCUT2D eigenvalue weighted by Crippen LogP contribution is 2.27. The SMILES string of the molecule is C[C@H](c1ccc(F)cc1)N(C)S(=O)(=O)C1CCOCC1. The lowest BCUT2D eigenvalue weighted by molar-refractivity contribution is 0.0971. The van der Waals surface area contributed by atoms with Crippen LogP contribution in [0.1, 0.15) is 31.4 Å². The minimum Gasteiger partial charge on any atom is -0.381 e. The van der Waals surface area contributed by atoms with Gasteiger partial charge < -0.3 is 4.74 Å². The minimum absolute atomic E-state index is 0.316. The van der Waals surface area contributed by atoms with Crippen LogP contribution >= 0.6 is 0 Å². The van der Waals surface area contributed by atoms with Gasteiger partial charge in [0.15, 0.2) is 0 Å². The van der Waals surface area contributed by atoms with E-state index in [9.17, 15) is 12.8 Å². The fourth-order valence-electron chi connectivity index (χ4n) is 2.38. The van der Waals surface area contributed by atoms with Crippen LogP contribution < -0.4 is 0 Å². The summed E-state index contributed by atoms with van der Waals surface area (Å²) in [4.78, 5) is 0. The molecular weight excluding hydrogens is 281 g/mol. The molecule has 0 amide bonds. The summed E-state index contributed by atoms with van der Waals surface area (Å²) < 4.78 is 44.7. The monoisotopic (exact) mass is 301 g/mol. The molecule has 2 rings (SSSR count). The molecule has 0 saturated carbocycles. The van der Waals surface area contributed by atoms with Crippen LogP contribution in [0.3, 0.4) is 0 Å². The summed E-state index contributed by atoms with van der Waals surface area (Å²) in [7, 11) is -1.78. The Hall–Kier alpha value is -0.980. The number of ether oxygens (including phenoxy) is 1. The normalized spacial score (nSPS) is 19.2. The zero-order valence-electron chi connectivity index (χ0n) is 11.8. The lowest BCUT2D eigenvalue weighted by atomic mass is 10.1. The third-order valence-electron chi connectivity index (χ3n) is 3.89. The molecule has 0 spiro atoms. The predicted octanol–water partition coefficient (Wildman–Crippen LogP) is 2.33. The molecular formula is C14H20FNO3S. The summed E-state index contributed by atoms with van der Waals surface area (Å²) in [5.74, 6) is -0.323. The Morgan fingerprint density at radius 1 is 1.25 bits per heavy atom. The Balaban J connectivity index is 2.16. The maximum absolute atomic E-state index is 12.9. The van der Waals surface area contributed by atoms with E-state index >= 15 is 0 Å². The average Bonchev–Trinajstić information content (AvgIpc) is 2.47. The third kappa shape index (κ3) is 3.19. The Morgan fingerprint density at radius 3 is 2.35 bits per heavy atom. The molecule has 4 nitrogen and oxygen atoms in total. The van der Waals surface area contributed by atoms with Crippen LogP contribution in [0.25, 0.3) is 0 Å². The number of sulfonamides is 1. The van der Waals surface area contributed by atoms with Gasteiger partial charge in [0.05, 0.1) is 5.25 Å². The molecule has 1 aliphatic heterocycles. The standard InChI is InChI=1S/C14H20FNO3S/c1-11(12-3-5-13(15)6-4-12)16(2)20(17,18)14-7-9-19-10-8-14/h3-6,11,14H,7-10H2,1-2H3/t11-/m1/s1. The van der Waals surface area contributed by atoms with Gasteiger partial charge in [-0.05, 0) is 37.5 Å². The van der Waals surface area contributed by atoms with Crippen molar-refractivity contribution in [2.75, 3.05) is 20.3 Å². The maximum Gasteiger partial charge on any atom is 0.217 e. The minimum atomic E-state index is -3.36. The molecule has 0 aliphatic carbocycles. The number of rotatable bonds is 4. The van der Waals surface area contributed by atoms with Crippen molar-refractivity contribution < 1.29 is 17.5 Å². The Bertz CT molecular complexity index is 538. The molecule has 1 fully saturated rings. The van der Waals surface area contributed by atoms with Gasteiger partial charge in [-0.3, -0.25) is 0 Å². The van der Waals surface area contributed by atoms with E-state index in [1.54, 1.807) is 19.2 Å². The van der Waals surface area contributed by atoms with Crippen molar-refractivity contribution in [1.82, 2.24) is 4.31 Å². The number of nitrogens with zero attached hydrogens (tertiary/aromatic N) is 1. The second-order valence-corrected chi connectivity index (χ2v) is 7.37. The highest BCUT2D eigenvalue weighted by atomic mass is 32.2. The maximum atomic E-state index is 12.9. The largest absolute Gasteiger partial charge is 0.381 e. The zero-order valence-corrected chi connectivity index (χ0v) is 12.6. The number of halogens is 1. The van der Waals surface area contributed by atoms with E-state index < -0.39 is 10.0 Å².